The molecule has 2 aliphatic rings. The summed E-state index contributed by atoms with van der Waals surface area (Å²) in [6.45, 7) is 4.57. The first-order chi connectivity index (χ1) is 6.77. The third-order valence-corrected chi connectivity index (χ3v) is 2.71. The molecule has 0 bridgehead atoms. The van der Waals surface area contributed by atoms with Crippen molar-refractivity contribution in [2.24, 2.45) is 4.99 Å². The largest absolute Gasteiger partial charge is 0.494 e. The molecule has 0 aromatic heterocycles. The van der Waals surface area contributed by atoms with Gasteiger partial charge in [-0.25, -0.2) is 4.99 Å². The maximum absolute atomic E-state index is 5.27. The second kappa shape index (κ2) is 4.09. The molecular weight excluding hydrogens is 196 g/mol. The molecule has 3 nitrogen and oxygen atoms in total. The number of allylic oxidation sites excluding steroid dienone is 1. The summed E-state index contributed by atoms with van der Waals surface area (Å²) in [5.41, 5.74) is 0.895. The number of likely N-dealkylation sites (tertiary alicyclic amines) is 1. The van der Waals surface area contributed by atoms with Crippen molar-refractivity contribution in [2.45, 2.75) is 19.8 Å². The quantitative estimate of drug-likeness (QED) is 0.569. The Bertz CT molecular complexity index is 303. The van der Waals surface area contributed by atoms with Crippen molar-refractivity contribution in [2.75, 3.05) is 19.7 Å². The molecule has 2 heterocycles. The van der Waals surface area contributed by atoms with Crippen molar-refractivity contribution in [1.82, 2.24) is 4.90 Å². The predicted octanol–water partition coefficient (Wildman–Crippen LogP) is 1.74. The molecule has 76 valence electrons. The van der Waals surface area contributed by atoms with Gasteiger partial charge in [-0.15, -0.1) is 0 Å². The minimum absolute atomic E-state index is 0.488. The third-order valence-electron chi connectivity index (χ3n) is 2.41. The van der Waals surface area contributed by atoms with Crippen molar-refractivity contribution < 1.29 is 4.74 Å². The van der Waals surface area contributed by atoms with E-state index >= 15 is 0 Å². The van der Waals surface area contributed by atoms with E-state index in [0.29, 0.717) is 6.61 Å². The van der Waals surface area contributed by atoms with Crippen molar-refractivity contribution in [3.63, 3.8) is 0 Å². The second-order valence-corrected chi connectivity index (χ2v) is 4.12. The molecule has 1 fully saturated rings. The smallest absolute Gasteiger partial charge is 0.146 e. The number of rotatable bonds is 0. The molecule has 2 aliphatic heterocycles. The summed E-state index contributed by atoms with van der Waals surface area (Å²) in [7, 11) is 0. The third kappa shape index (κ3) is 1.95. The maximum Gasteiger partial charge on any atom is 0.146 e. The molecule has 4 heteroatoms. The highest BCUT2D eigenvalue weighted by Gasteiger charge is 2.21. The molecule has 1 saturated heterocycles. The molecule has 0 spiro atoms. The van der Waals surface area contributed by atoms with Crippen LogP contribution in [0.4, 0.5) is 0 Å². The summed E-state index contributed by atoms with van der Waals surface area (Å²) < 4.78 is 5.26. The minimum Gasteiger partial charge on any atom is -0.494 e. The Labute approximate surface area is 89.4 Å². The van der Waals surface area contributed by atoms with Gasteiger partial charge >= 0.3 is 0 Å². The van der Waals surface area contributed by atoms with Crippen molar-refractivity contribution >= 4 is 22.9 Å². The molecule has 0 radical (unpaired) electrons. The van der Waals surface area contributed by atoms with Crippen LogP contribution in [0.25, 0.3) is 0 Å². The summed E-state index contributed by atoms with van der Waals surface area (Å²) in [6, 6.07) is 0. The van der Waals surface area contributed by atoms with Gasteiger partial charge in [0.15, 0.2) is 0 Å². The summed E-state index contributed by atoms with van der Waals surface area (Å²) in [4.78, 5) is 7.55. The average Bonchev–Trinajstić information content (AvgIpc) is 2.61. The minimum atomic E-state index is 0.488. The van der Waals surface area contributed by atoms with Crippen LogP contribution in [0.5, 0.6) is 0 Å². The van der Waals surface area contributed by atoms with E-state index in [4.69, 9.17) is 17.0 Å². The zero-order chi connectivity index (χ0) is 9.97. The SMILES string of the molecule is CC1=COCC(=S)C(N2CCCC2)=N1. The standard InChI is InChI=1S/C10H14N2OS/c1-8-6-13-7-9(14)10(11-8)12-4-2-3-5-12/h6H,2-5,7H2,1H3. The van der Waals surface area contributed by atoms with Gasteiger partial charge in [-0.3, -0.25) is 0 Å². The van der Waals surface area contributed by atoms with E-state index < -0.39 is 0 Å². The summed E-state index contributed by atoms with van der Waals surface area (Å²) in [5, 5.41) is 0. The lowest BCUT2D eigenvalue weighted by Crippen LogP contribution is -2.34. The number of hydrogen-bond donors (Lipinski definition) is 0. The number of aliphatic imine (C=N–C) groups is 1. The van der Waals surface area contributed by atoms with Crippen LogP contribution in [0.2, 0.25) is 0 Å². The van der Waals surface area contributed by atoms with E-state index in [-0.39, 0.29) is 0 Å². The van der Waals surface area contributed by atoms with Crippen LogP contribution in [0.15, 0.2) is 17.0 Å². The summed E-state index contributed by atoms with van der Waals surface area (Å²) in [6.07, 6.45) is 4.16. The fourth-order valence-electron chi connectivity index (χ4n) is 1.73. The van der Waals surface area contributed by atoms with Crippen molar-refractivity contribution in [3.05, 3.63) is 12.0 Å². The average molecular weight is 210 g/mol. The van der Waals surface area contributed by atoms with Gasteiger partial charge in [-0.2, -0.15) is 0 Å². The van der Waals surface area contributed by atoms with Crippen molar-refractivity contribution in [1.29, 1.82) is 0 Å². The molecule has 14 heavy (non-hydrogen) atoms. The summed E-state index contributed by atoms with van der Waals surface area (Å²) >= 11 is 5.27. The Morgan fingerprint density at radius 2 is 2.14 bits per heavy atom. The van der Waals surface area contributed by atoms with Gasteiger partial charge in [0, 0.05) is 13.1 Å². The predicted molar refractivity (Wildman–Crippen MR) is 60.5 cm³/mol. The first-order valence-corrected chi connectivity index (χ1v) is 5.33. The van der Waals surface area contributed by atoms with Crippen LogP contribution in [-0.4, -0.2) is 35.3 Å². The number of amidine groups is 1. The summed E-state index contributed by atoms with van der Waals surface area (Å²) in [5.74, 6) is 0.948. The van der Waals surface area contributed by atoms with Gasteiger partial charge in [-0.05, 0) is 19.8 Å². The molecule has 2 rings (SSSR count). The highest BCUT2D eigenvalue weighted by molar-refractivity contribution is 7.82. The Hall–Kier alpha value is -0.900. The van der Waals surface area contributed by atoms with Gasteiger partial charge in [0.1, 0.15) is 18.7 Å². The zero-order valence-electron chi connectivity index (χ0n) is 8.32. The Balaban J connectivity index is 2.20. The number of nitrogens with zero attached hydrogens (tertiary/aromatic N) is 2. The molecule has 0 aliphatic carbocycles. The Morgan fingerprint density at radius 1 is 1.43 bits per heavy atom. The Morgan fingerprint density at radius 3 is 2.86 bits per heavy atom. The number of hydrogen-bond acceptors (Lipinski definition) is 4. The van der Waals surface area contributed by atoms with Crippen molar-refractivity contribution in [3.8, 4) is 0 Å². The van der Waals surface area contributed by atoms with Crippen LogP contribution in [0.1, 0.15) is 19.8 Å². The van der Waals surface area contributed by atoms with Crippen LogP contribution in [-0.2, 0) is 4.74 Å². The lowest BCUT2D eigenvalue weighted by Gasteiger charge is -2.19. The molecule has 0 unspecified atom stereocenters. The molecule has 0 amide bonds. The molecule has 0 N–H and O–H groups in total. The lowest BCUT2D eigenvalue weighted by atomic mass is 10.3. The van der Waals surface area contributed by atoms with E-state index in [1.165, 1.54) is 12.8 Å². The van der Waals surface area contributed by atoms with E-state index in [9.17, 15) is 0 Å². The molecule has 0 saturated carbocycles. The van der Waals surface area contributed by atoms with Crippen LogP contribution < -0.4 is 0 Å². The second-order valence-electron chi connectivity index (χ2n) is 3.62. The van der Waals surface area contributed by atoms with E-state index in [1.54, 1.807) is 6.26 Å². The van der Waals surface area contributed by atoms with Gasteiger partial charge in [-0.1, -0.05) is 12.2 Å². The van der Waals surface area contributed by atoms with E-state index in [2.05, 4.69) is 9.89 Å². The first kappa shape index (κ1) is 9.65. The lowest BCUT2D eigenvalue weighted by molar-refractivity contribution is 0.302. The monoisotopic (exact) mass is 210 g/mol. The van der Waals surface area contributed by atoms with Gasteiger partial charge in [0.25, 0.3) is 0 Å². The van der Waals surface area contributed by atoms with Gasteiger partial charge < -0.3 is 9.64 Å². The van der Waals surface area contributed by atoms with E-state index in [1.807, 2.05) is 6.92 Å². The van der Waals surface area contributed by atoms with Crippen LogP contribution in [0, 0.1) is 0 Å². The molecule has 0 aromatic carbocycles. The fraction of sp³-hybridized carbons (Fsp3) is 0.600. The van der Waals surface area contributed by atoms with Crippen LogP contribution >= 0.6 is 12.2 Å². The Kier molecular flexibility index (Phi) is 2.82. The van der Waals surface area contributed by atoms with Gasteiger partial charge in [0.05, 0.1) is 10.6 Å². The number of thiocarbonyl (C=S) groups is 1. The fourth-order valence-corrected chi connectivity index (χ4v) is 1.98. The zero-order valence-corrected chi connectivity index (χ0v) is 9.14. The topological polar surface area (TPSA) is 24.8 Å². The van der Waals surface area contributed by atoms with Gasteiger partial charge in [0.2, 0.25) is 0 Å². The maximum atomic E-state index is 5.27. The highest BCUT2D eigenvalue weighted by Crippen LogP contribution is 2.13. The van der Waals surface area contributed by atoms with E-state index in [0.717, 1.165) is 29.5 Å². The molecule has 0 atom stereocenters. The number of ether oxygens (including phenoxy) is 1. The van der Waals surface area contributed by atoms with Crippen LogP contribution in [0.3, 0.4) is 0 Å². The normalized spacial score (nSPS) is 22.6. The highest BCUT2D eigenvalue weighted by atomic mass is 32.1. The molecular formula is C10H14N2OS. The molecule has 0 aromatic rings. The first-order valence-electron chi connectivity index (χ1n) is 4.92.